The van der Waals surface area contributed by atoms with Crippen LogP contribution in [0.15, 0.2) is 0 Å². The number of fused-ring (bicyclic) bond motifs is 1. The standard InChI is InChI=1S/C10H9F3N2O3S/c11-10(12,13)8(18)15-9-14-6-4(7(16)17)2-1-3-5(6)19-9/h4H,1-3H2,(H,16,17)(H,14,15,18). The number of rotatable bonds is 2. The predicted octanol–water partition coefficient (Wildman–Crippen LogP) is 2.15. The number of carbonyl (C=O) groups excluding carboxylic acids is 1. The fraction of sp³-hybridized carbons (Fsp3) is 0.500. The lowest BCUT2D eigenvalue weighted by molar-refractivity contribution is -0.167. The van der Waals surface area contributed by atoms with Crippen LogP contribution in [-0.4, -0.2) is 28.1 Å². The molecule has 1 unspecified atom stereocenters. The second-order valence-electron chi connectivity index (χ2n) is 4.06. The molecule has 104 valence electrons. The molecule has 0 aliphatic heterocycles. The van der Waals surface area contributed by atoms with Crippen LogP contribution in [0.2, 0.25) is 0 Å². The van der Waals surface area contributed by atoms with E-state index in [1.54, 1.807) is 5.32 Å². The van der Waals surface area contributed by atoms with Crippen molar-refractivity contribution in [3.63, 3.8) is 0 Å². The van der Waals surface area contributed by atoms with Crippen molar-refractivity contribution in [3.8, 4) is 0 Å². The molecule has 0 radical (unpaired) electrons. The zero-order valence-electron chi connectivity index (χ0n) is 9.45. The van der Waals surface area contributed by atoms with Crippen LogP contribution in [0.1, 0.15) is 29.3 Å². The molecule has 1 aromatic rings. The maximum atomic E-state index is 12.1. The molecule has 1 aliphatic rings. The summed E-state index contributed by atoms with van der Waals surface area (Å²) in [5.41, 5.74) is 0.265. The Balaban J connectivity index is 2.22. The summed E-state index contributed by atoms with van der Waals surface area (Å²) in [5.74, 6) is -3.97. The van der Waals surface area contributed by atoms with Gasteiger partial charge in [-0.1, -0.05) is 0 Å². The van der Waals surface area contributed by atoms with Crippen LogP contribution >= 0.6 is 11.3 Å². The van der Waals surface area contributed by atoms with Gasteiger partial charge in [0.15, 0.2) is 5.13 Å². The number of anilines is 1. The molecule has 0 aromatic carbocycles. The van der Waals surface area contributed by atoms with Crippen LogP contribution in [0.5, 0.6) is 0 Å². The van der Waals surface area contributed by atoms with E-state index in [1.165, 1.54) is 0 Å². The molecule has 1 atom stereocenters. The summed E-state index contributed by atoms with van der Waals surface area (Å²) >= 11 is 0.895. The minimum absolute atomic E-state index is 0.208. The fourth-order valence-corrected chi connectivity index (χ4v) is 2.94. The van der Waals surface area contributed by atoms with Crippen LogP contribution in [-0.2, 0) is 16.0 Å². The molecule has 0 saturated carbocycles. The molecule has 1 aromatic heterocycles. The first-order valence-electron chi connectivity index (χ1n) is 5.39. The first kappa shape index (κ1) is 13.8. The van der Waals surface area contributed by atoms with Gasteiger partial charge in [-0.25, -0.2) is 4.98 Å². The SMILES string of the molecule is O=C(O)C1CCCc2sc(NC(=O)C(F)(F)F)nc21. The number of amides is 1. The van der Waals surface area contributed by atoms with Crippen LogP contribution in [0, 0.1) is 0 Å². The molecule has 9 heteroatoms. The van der Waals surface area contributed by atoms with Crippen LogP contribution < -0.4 is 5.32 Å². The van der Waals surface area contributed by atoms with Gasteiger partial charge in [0, 0.05) is 4.88 Å². The Kier molecular flexibility index (Phi) is 3.48. The molecule has 5 nitrogen and oxygen atoms in total. The third-order valence-corrected chi connectivity index (χ3v) is 3.78. The summed E-state index contributed by atoms with van der Waals surface area (Å²) < 4.78 is 36.3. The summed E-state index contributed by atoms with van der Waals surface area (Å²) in [5, 5.41) is 10.4. The molecule has 1 aliphatic carbocycles. The second-order valence-corrected chi connectivity index (χ2v) is 5.15. The van der Waals surface area contributed by atoms with Gasteiger partial charge in [-0.05, 0) is 19.3 Å². The molecule has 2 N–H and O–H groups in total. The van der Waals surface area contributed by atoms with Crippen molar-refractivity contribution in [2.45, 2.75) is 31.4 Å². The Bertz CT molecular complexity index is 527. The van der Waals surface area contributed by atoms with Gasteiger partial charge < -0.3 is 5.11 Å². The van der Waals surface area contributed by atoms with Crippen LogP contribution in [0.3, 0.4) is 0 Å². The van der Waals surface area contributed by atoms with Gasteiger partial charge in [0.05, 0.1) is 5.69 Å². The maximum absolute atomic E-state index is 12.1. The number of carbonyl (C=O) groups is 2. The first-order chi connectivity index (χ1) is 8.79. The Morgan fingerprint density at radius 2 is 2.11 bits per heavy atom. The largest absolute Gasteiger partial charge is 0.481 e. The van der Waals surface area contributed by atoms with E-state index in [2.05, 4.69) is 4.98 Å². The third-order valence-electron chi connectivity index (χ3n) is 2.73. The Hall–Kier alpha value is -1.64. The maximum Gasteiger partial charge on any atom is 0.471 e. The van der Waals surface area contributed by atoms with Gasteiger partial charge in [-0.15, -0.1) is 11.3 Å². The second kappa shape index (κ2) is 4.80. The monoisotopic (exact) mass is 294 g/mol. The average Bonchev–Trinajstić information content (AvgIpc) is 2.68. The van der Waals surface area contributed by atoms with E-state index < -0.39 is 24.0 Å². The quantitative estimate of drug-likeness (QED) is 0.876. The number of nitrogens with zero attached hydrogens (tertiary/aromatic N) is 1. The fourth-order valence-electron chi connectivity index (χ4n) is 1.88. The minimum atomic E-state index is -4.99. The lowest BCUT2D eigenvalue weighted by Gasteiger charge is -2.16. The molecule has 0 fully saturated rings. The van der Waals surface area contributed by atoms with E-state index in [4.69, 9.17) is 5.11 Å². The summed E-state index contributed by atoms with van der Waals surface area (Å²) in [7, 11) is 0. The lowest BCUT2D eigenvalue weighted by atomic mass is 9.91. The third kappa shape index (κ3) is 2.86. The molecule has 2 rings (SSSR count). The highest BCUT2D eigenvalue weighted by Gasteiger charge is 2.39. The summed E-state index contributed by atoms with van der Waals surface area (Å²) in [6, 6.07) is 0. The van der Waals surface area contributed by atoms with Crippen molar-refractivity contribution in [2.24, 2.45) is 0 Å². The lowest BCUT2D eigenvalue weighted by Crippen LogP contribution is -2.29. The number of halogens is 3. The van der Waals surface area contributed by atoms with Gasteiger partial charge in [-0.2, -0.15) is 13.2 Å². The van der Waals surface area contributed by atoms with E-state index in [1.807, 2.05) is 0 Å². The summed E-state index contributed by atoms with van der Waals surface area (Å²) in [4.78, 5) is 26.2. The van der Waals surface area contributed by atoms with E-state index in [-0.39, 0.29) is 10.8 Å². The number of aliphatic carboxylic acids is 1. The molecule has 1 heterocycles. The topological polar surface area (TPSA) is 79.3 Å². The van der Waals surface area contributed by atoms with E-state index in [9.17, 15) is 22.8 Å². The number of carboxylic acid groups (broad SMARTS) is 1. The van der Waals surface area contributed by atoms with Gasteiger partial charge in [0.25, 0.3) is 0 Å². The van der Waals surface area contributed by atoms with Crippen LogP contribution in [0.25, 0.3) is 0 Å². The first-order valence-corrected chi connectivity index (χ1v) is 6.21. The molecular formula is C10H9F3N2O3S. The highest BCUT2D eigenvalue weighted by molar-refractivity contribution is 7.15. The summed E-state index contributed by atoms with van der Waals surface area (Å²) in [6.45, 7) is 0. The van der Waals surface area contributed by atoms with Crippen molar-refractivity contribution >= 4 is 28.3 Å². The Morgan fingerprint density at radius 3 is 2.68 bits per heavy atom. The van der Waals surface area contributed by atoms with Gasteiger partial charge in [0.2, 0.25) is 0 Å². The number of hydrogen-bond donors (Lipinski definition) is 2. The van der Waals surface area contributed by atoms with Crippen molar-refractivity contribution < 1.29 is 27.9 Å². The Morgan fingerprint density at radius 1 is 1.42 bits per heavy atom. The predicted molar refractivity (Wildman–Crippen MR) is 60.1 cm³/mol. The highest BCUT2D eigenvalue weighted by Crippen LogP contribution is 2.37. The number of aromatic nitrogens is 1. The molecule has 19 heavy (non-hydrogen) atoms. The minimum Gasteiger partial charge on any atom is -0.481 e. The number of alkyl halides is 3. The highest BCUT2D eigenvalue weighted by atomic mass is 32.1. The van der Waals surface area contributed by atoms with Crippen molar-refractivity contribution in [1.82, 2.24) is 4.98 Å². The zero-order chi connectivity index (χ0) is 14.2. The number of nitrogens with one attached hydrogen (secondary N) is 1. The molecular weight excluding hydrogens is 285 g/mol. The number of aryl methyl sites for hydroxylation is 1. The van der Waals surface area contributed by atoms with Crippen molar-refractivity contribution in [2.75, 3.05) is 5.32 Å². The normalized spacial score (nSPS) is 18.8. The molecule has 0 saturated heterocycles. The number of hydrogen-bond acceptors (Lipinski definition) is 4. The number of thiazole rings is 1. The van der Waals surface area contributed by atoms with E-state index in [0.717, 1.165) is 11.3 Å². The van der Waals surface area contributed by atoms with E-state index >= 15 is 0 Å². The number of carboxylic acids is 1. The van der Waals surface area contributed by atoms with Gasteiger partial charge in [-0.3, -0.25) is 14.9 Å². The molecule has 0 spiro atoms. The van der Waals surface area contributed by atoms with Gasteiger partial charge >= 0.3 is 18.1 Å². The smallest absolute Gasteiger partial charge is 0.471 e. The zero-order valence-corrected chi connectivity index (χ0v) is 10.3. The average molecular weight is 294 g/mol. The molecule has 1 amide bonds. The van der Waals surface area contributed by atoms with Gasteiger partial charge in [0.1, 0.15) is 5.92 Å². The molecule has 0 bridgehead atoms. The van der Waals surface area contributed by atoms with Crippen molar-refractivity contribution in [1.29, 1.82) is 0 Å². The van der Waals surface area contributed by atoms with Crippen LogP contribution in [0.4, 0.5) is 18.3 Å². The van der Waals surface area contributed by atoms with E-state index in [0.29, 0.717) is 24.1 Å². The Labute approximate surface area is 109 Å². The van der Waals surface area contributed by atoms with Crippen molar-refractivity contribution in [3.05, 3.63) is 10.6 Å². The summed E-state index contributed by atoms with van der Waals surface area (Å²) in [6.07, 6.45) is -3.38.